The molecule has 2 aromatic rings. The van der Waals surface area contributed by atoms with Gasteiger partial charge >= 0.3 is 0 Å². The third-order valence-electron chi connectivity index (χ3n) is 3.09. The van der Waals surface area contributed by atoms with Crippen molar-refractivity contribution in [2.24, 2.45) is 0 Å². The Bertz CT molecular complexity index is 540. The van der Waals surface area contributed by atoms with Crippen LogP contribution in [0.1, 0.15) is 23.6 Å². The van der Waals surface area contributed by atoms with E-state index in [0.717, 1.165) is 30.0 Å². The maximum absolute atomic E-state index is 9.12. The van der Waals surface area contributed by atoms with Gasteiger partial charge in [0.1, 0.15) is 5.75 Å². The summed E-state index contributed by atoms with van der Waals surface area (Å²) < 4.78 is 5.60. The Morgan fingerprint density at radius 2 is 1.80 bits per heavy atom. The summed E-state index contributed by atoms with van der Waals surface area (Å²) >= 11 is 0. The first-order valence-electron chi connectivity index (χ1n) is 6.93. The molecule has 0 aliphatic rings. The van der Waals surface area contributed by atoms with Gasteiger partial charge in [-0.05, 0) is 24.1 Å². The normalized spacial score (nSPS) is 10.5. The molecule has 0 radical (unpaired) electrons. The molecule has 106 valence electrons. The molecule has 0 saturated heterocycles. The van der Waals surface area contributed by atoms with Crippen molar-refractivity contribution >= 4 is 0 Å². The zero-order valence-corrected chi connectivity index (χ0v) is 11.8. The van der Waals surface area contributed by atoms with E-state index in [-0.39, 0.29) is 6.61 Å². The summed E-state index contributed by atoms with van der Waals surface area (Å²) in [5.74, 6) is 0.937. The molecule has 2 rings (SSSR count). The van der Waals surface area contributed by atoms with Crippen LogP contribution in [0.5, 0.6) is 5.75 Å². The molecule has 0 atom stereocenters. The molecule has 0 fully saturated rings. The Morgan fingerprint density at radius 3 is 2.60 bits per heavy atom. The number of hydrogen-bond acceptors (Lipinski definition) is 3. The van der Waals surface area contributed by atoms with Crippen molar-refractivity contribution in [2.45, 2.75) is 26.6 Å². The second-order valence-electron chi connectivity index (χ2n) is 4.62. The van der Waals surface area contributed by atoms with Crippen LogP contribution in [-0.2, 0) is 19.7 Å². The van der Waals surface area contributed by atoms with Crippen LogP contribution in [0.15, 0.2) is 48.5 Å². The molecule has 20 heavy (non-hydrogen) atoms. The minimum absolute atomic E-state index is 0.0843. The molecular formula is C17H21NO2. The number of benzene rings is 2. The molecule has 0 aliphatic heterocycles. The number of ether oxygens (including phenoxy) is 1. The van der Waals surface area contributed by atoms with Crippen LogP contribution in [0.3, 0.4) is 0 Å². The third-order valence-corrected chi connectivity index (χ3v) is 3.09. The molecule has 0 aliphatic carbocycles. The van der Waals surface area contributed by atoms with Crippen LogP contribution in [0.25, 0.3) is 0 Å². The van der Waals surface area contributed by atoms with Gasteiger partial charge in [0.15, 0.2) is 0 Å². The Morgan fingerprint density at radius 1 is 1.00 bits per heavy atom. The van der Waals surface area contributed by atoms with Gasteiger partial charge in [0.05, 0.1) is 13.2 Å². The molecule has 0 heterocycles. The van der Waals surface area contributed by atoms with Gasteiger partial charge in [0, 0.05) is 18.7 Å². The van der Waals surface area contributed by atoms with E-state index >= 15 is 0 Å². The van der Waals surface area contributed by atoms with Gasteiger partial charge < -0.3 is 15.2 Å². The van der Waals surface area contributed by atoms with Gasteiger partial charge in [0.25, 0.3) is 0 Å². The zero-order valence-electron chi connectivity index (χ0n) is 11.8. The van der Waals surface area contributed by atoms with Crippen LogP contribution in [0.2, 0.25) is 0 Å². The van der Waals surface area contributed by atoms with Crippen molar-refractivity contribution in [2.75, 3.05) is 6.61 Å². The van der Waals surface area contributed by atoms with Gasteiger partial charge in [-0.2, -0.15) is 0 Å². The highest BCUT2D eigenvalue weighted by Crippen LogP contribution is 2.17. The lowest BCUT2D eigenvalue weighted by molar-refractivity contribution is 0.281. The highest BCUT2D eigenvalue weighted by atomic mass is 16.5. The molecular weight excluding hydrogens is 250 g/mol. The fourth-order valence-electron chi connectivity index (χ4n) is 2.13. The lowest BCUT2D eigenvalue weighted by atomic mass is 10.1. The Labute approximate surface area is 120 Å². The topological polar surface area (TPSA) is 41.5 Å². The summed E-state index contributed by atoms with van der Waals surface area (Å²) in [7, 11) is 0. The standard InChI is InChI=1S/C17H21NO2/c1-2-20-17-9-4-3-8-16(17)12-18-11-14-6-5-7-15(10-14)13-19/h3-10,18-19H,2,11-13H2,1H3. The summed E-state index contributed by atoms with van der Waals surface area (Å²) in [4.78, 5) is 0. The van der Waals surface area contributed by atoms with E-state index in [0.29, 0.717) is 6.61 Å². The second-order valence-corrected chi connectivity index (χ2v) is 4.62. The summed E-state index contributed by atoms with van der Waals surface area (Å²) in [5, 5.41) is 12.5. The smallest absolute Gasteiger partial charge is 0.123 e. The van der Waals surface area contributed by atoms with E-state index < -0.39 is 0 Å². The molecule has 0 unspecified atom stereocenters. The second kappa shape index (κ2) is 7.68. The summed E-state index contributed by atoms with van der Waals surface area (Å²) in [5.41, 5.74) is 3.28. The number of para-hydroxylation sites is 1. The minimum Gasteiger partial charge on any atom is -0.494 e. The van der Waals surface area contributed by atoms with Crippen molar-refractivity contribution in [1.82, 2.24) is 5.32 Å². The largest absolute Gasteiger partial charge is 0.494 e. The SMILES string of the molecule is CCOc1ccccc1CNCc1cccc(CO)c1. The number of aliphatic hydroxyl groups excluding tert-OH is 1. The number of aliphatic hydroxyl groups is 1. The van der Waals surface area contributed by atoms with Crippen LogP contribution in [-0.4, -0.2) is 11.7 Å². The van der Waals surface area contributed by atoms with Gasteiger partial charge in [-0.25, -0.2) is 0 Å². The fraction of sp³-hybridized carbons (Fsp3) is 0.294. The van der Waals surface area contributed by atoms with Crippen molar-refractivity contribution < 1.29 is 9.84 Å². The maximum atomic E-state index is 9.12. The number of nitrogens with one attached hydrogen (secondary N) is 1. The van der Waals surface area contributed by atoms with Crippen LogP contribution >= 0.6 is 0 Å². The molecule has 0 bridgehead atoms. The Hall–Kier alpha value is -1.84. The molecule has 0 amide bonds. The van der Waals surface area contributed by atoms with E-state index in [9.17, 15) is 0 Å². The van der Waals surface area contributed by atoms with E-state index in [1.165, 1.54) is 5.56 Å². The van der Waals surface area contributed by atoms with Crippen LogP contribution in [0.4, 0.5) is 0 Å². The van der Waals surface area contributed by atoms with Crippen LogP contribution < -0.4 is 10.1 Å². The first-order chi connectivity index (χ1) is 9.83. The van der Waals surface area contributed by atoms with Crippen molar-refractivity contribution in [3.05, 3.63) is 65.2 Å². The Balaban J connectivity index is 1.92. The van der Waals surface area contributed by atoms with E-state index in [1.807, 2.05) is 43.3 Å². The quantitative estimate of drug-likeness (QED) is 0.813. The lowest BCUT2D eigenvalue weighted by Gasteiger charge is -2.11. The number of hydrogen-bond donors (Lipinski definition) is 2. The zero-order chi connectivity index (χ0) is 14.2. The van der Waals surface area contributed by atoms with Crippen molar-refractivity contribution in [3.63, 3.8) is 0 Å². The van der Waals surface area contributed by atoms with Crippen LogP contribution in [0, 0.1) is 0 Å². The predicted octanol–water partition coefficient (Wildman–Crippen LogP) is 2.87. The van der Waals surface area contributed by atoms with Gasteiger partial charge in [-0.3, -0.25) is 0 Å². The lowest BCUT2D eigenvalue weighted by Crippen LogP contribution is -2.13. The average molecular weight is 271 g/mol. The van der Waals surface area contributed by atoms with E-state index in [1.54, 1.807) is 0 Å². The highest BCUT2D eigenvalue weighted by Gasteiger charge is 2.02. The van der Waals surface area contributed by atoms with Gasteiger partial charge in [-0.1, -0.05) is 42.5 Å². The monoisotopic (exact) mass is 271 g/mol. The maximum Gasteiger partial charge on any atom is 0.123 e. The fourth-order valence-corrected chi connectivity index (χ4v) is 2.13. The minimum atomic E-state index is 0.0843. The summed E-state index contributed by atoms with van der Waals surface area (Å²) in [6.07, 6.45) is 0. The molecule has 0 saturated carbocycles. The first kappa shape index (κ1) is 14.6. The average Bonchev–Trinajstić information content (AvgIpc) is 2.49. The number of rotatable bonds is 7. The van der Waals surface area contributed by atoms with Crippen molar-refractivity contribution in [3.8, 4) is 5.75 Å². The highest BCUT2D eigenvalue weighted by molar-refractivity contribution is 5.33. The van der Waals surface area contributed by atoms with E-state index in [4.69, 9.17) is 9.84 Å². The first-order valence-corrected chi connectivity index (χ1v) is 6.93. The molecule has 0 aromatic heterocycles. The molecule has 2 aromatic carbocycles. The molecule has 0 spiro atoms. The Kier molecular flexibility index (Phi) is 5.59. The van der Waals surface area contributed by atoms with Gasteiger partial charge in [-0.15, -0.1) is 0 Å². The summed E-state index contributed by atoms with van der Waals surface area (Å²) in [6.45, 7) is 4.29. The van der Waals surface area contributed by atoms with Gasteiger partial charge in [0.2, 0.25) is 0 Å². The molecule has 3 heteroatoms. The molecule has 3 nitrogen and oxygen atoms in total. The van der Waals surface area contributed by atoms with E-state index in [2.05, 4.69) is 17.4 Å². The molecule has 2 N–H and O–H groups in total. The predicted molar refractivity (Wildman–Crippen MR) is 80.5 cm³/mol. The third kappa shape index (κ3) is 4.08. The summed E-state index contributed by atoms with van der Waals surface area (Å²) in [6, 6.07) is 16.0. The van der Waals surface area contributed by atoms with Crippen molar-refractivity contribution in [1.29, 1.82) is 0 Å².